The molecule has 0 spiro atoms. The minimum Gasteiger partial charge on any atom is -0.323 e. The van der Waals surface area contributed by atoms with Crippen molar-refractivity contribution in [2.45, 2.75) is 85.0 Å². The van der Waals surface area contributed by atoms with Gasteiger partial charge in [0.15, 0.2) is 0 Å². The lowest BCUT2D eigenvalue weighted by Gasteiger charge is -2.26. The van der Waals surface area contributed by atoms with Crippen LogP contribution < -0.4 is 5.32 Å². The van der Waals surface area contributed by atoms with Crippen LogP contribution >= 0.6 is 0 Å². The Morgan fingerprint density at radius 1 is 1.30 bits per heavy atom. The van der Waals surface area contributed by atoms with Crippen LogP contribution in [0.25, 0.3) is 0 Å². The number of nitrogens with one attached hydrogen (secondary N) is 1. The van der Waals surface area contributed by atoms with Gasteiger partial charge in [0.1, 0.15) is 0 Å². The van der Waals surface area contributed by atoms with Gasteiger partial charge >= 0.3 is 0 Å². The highest BCUT2D eigenvalue weighted by atomic mass is 16.2. The van der Waals surface area contributed by atoms with E-state index in [2.05, 4.69) is 44.8 Å². The van der Waals surface area contributed by atoms with Crippen LogP contribution in [-0.4, -0.2) is 29.1 Å². The molecule has 3 heteroatoms. The third-order valence-electron chi connectivity index (χ3n) is 5.04. The zero-order valence-electron chi connectivity index (χ0n) is 13.9. The minimum absolute atomic E-state index is 0.0478. The number of hydrogen-bond acceptors (Lipinski definition) is 2. The van der Waals surface area contributed by atoms with Crippen LogP contribution in [0.1, 0.15) is 66.7 Å². The van der Waals surface area contributed by atoms with E-state index in [0.29, 0.717) is 23.8 Å². The first kappa shape index (κ1) is 15.8. The minimum atomic E-state index is 0.0478. The molecule has 5 atom stereocenters. The summed E-state index contributed by atoms with van der Waals surface area (Å²) in [6.45, 7) is 11.1. The van der Waals surface area contributed by atoms with E-state index in [1.165, 1.54) is 19.3 Å². The third kappa shape index (κ3) is 3.19. The first-order chi connectivity index (χ1) is 9.49. The van der Waals surface area contributed by atoms with Crippen molar-refractivity contribution in [3.63, 3.8) is 0 Å². The van der Waals surface area contributed by atoms with Crippen LogP contribution in [0.4, 0.5) is 0 Å². The Kier molecular flexibility index (Phi) is 5.11. The number of rotatable bonds is 7. The first-order valence-electron chi connectivity index (χ1n) is 8.57. The van der Waals surface area contributed by atoms with Crippen molar-refractivity contribution < 1.29 is 4.79 Å². The van der Waals surface area contributed by atoms with Crippen LogP contribution in [0.5, 0.6) is 0 Å². The van der Waals surface area contributed by atoms with E-state index >= 15 is 0 Å². The summed E-state index contributed by atoms with van der Waals surface area (Å²) in [5.41, 5.74) is 0. The number of carbonyl (C=O) groups is 1. The van der Waals surface area contributed by atoms with Gasteiger partial charge < -0.3 is 4.90 Å². The zero-order chi connectivity index (χ0) is 14.9. The summed E-state index contributed by atoms with van der Waals surface area (Å²) in [6, 6.07) is 0.569. The molecule has 116 valence electrons. The lowest BCUT2D eigenvalue weighted by atomic mass is 9.99. The zero-order valence-corrected chi connectivity index (χ0v) is 13.9. The van der Waals surface area contributed by atoms with Crippen LogP contribution in [-0.2, 0) is 4.79 Å². The first-order valence-corrected chi connectivity index (χ1v) is 8.57. The topological polar surface area (TPSA) is 32.3 Å². The van der Waals surface area contributed by atoms with Gasteiger partial charge in [0, 0.05) is 6.04 Å². The smallest absolute Gasteiger partial charge is 0.241 e. The van der Waals surface area contributed by atoms with E-state index in [0.717, 1.165) is 18.8 Å². The molecule has 0 bridgehead atoms. The van der Waals surface area contributed by atoms with Gasteiger partial charge in [-0.2, -0.15) is 0 Å². The largest absolute Gasteiger partial charge is 0.323 e. The van der Waals surface area contributed by atoms with Gasteiger partial charge in [-0.05, 0) is 37.0 Å². The molecule has 2 aliphatic rings. The van der Waals surface area contributed by atoms with Crippen molar-refractivity contribution >= 4 is 5.91 Å². The molecule has 2 rings (SSSR count). The molecule has 1 aliphatic carbocycles. The number of amides is 1. The monoisotopic (exact) mass is 280 g/mol. The second-order valence-corrected chi connectivity index (χ2v) is 7.27. The predicted octanol–water partition coefficient (Wildman–Crippen LogP) is 3.39. The second kappa shape index (κ2) is 6.46. The Hall–Kier alpha value is -0.570. The maximum Gasteiger partial charge on any atom is 0.241 e. The molecule has 5 unspecified atom stereocenters. The fourth-order valence-electron chi connectivity index (χ4n) is 3.59. The molecule has 1 N–H and O–H groups in total. The fraction of sp³-hybridized carbons (Fsp3) is 0.941. The second-order valence-electron chi connectivity index (χ2n) is 7.27. The summed E-state index contributed by atoms with van der Waals surface area (Å²) < 4.78 is 0. The van der Waals surface area contributed by atoms with Gasteiger partial charge in [0.2, 0.25) is 5.91 Å². The van der Waals surface area contributed by atoms with E-state index < -0.39 is 0 Å². The van der Waals surface area contributed by atoms with Crippen molar-refractivity contribution in [1.29, 1.82) is 0 Å². The third-order valence-corrected chi connectivity index (χ3v) is 5.04. The lowest BCUT2D eigenvalue weighted by molar-refractivity contribution is -0.131. The van der Waals surface area contributed by atoms with E-state index in [1.807, 2.05) is 0 Å². The summed E-state index contributed by atoms with van der Waals surface area (Å²) in [7, 11) is 0. The van der Waals surface area contributed by atoms with Gasteiger partial charge in [-0.3, -0.25) is 10.1 Å². The Labute approximate surface area is 124 Å². The highest BCUT2D eigenvalue weighted by molar-refractivity contribution is 5.85. The van der Waals surface area contributed by atoms with E-state index in [4.69, 9.17) is 0 Å². The van der Waals surface area contributed by atoms with Gasteiger partial charge in [0.25, 0.3) is 0 Å². The summed E-state index contributed by atoms with van der Waals surface area (Å²) in [5, 5.41) is 3.63. The molecule has 1 amide bonds. The summed E-state index contributed by atoms with van der Waals surface area (Å²) in [4.78, 5) is 15.0. The molecule has 1 saturated carbocycles. The molecular weight excluding hydrogens is 248 g/mol. The molecule has 0 radical (unpaired) electrons. The van der Waals surface area contributed by atoms with Crippen LogP contribution in [0.3, 0.4) is 0 Å². The van der Waals surface area contributed by atoms with Crippen LogP contribution in [0, 0.1) is 17.8 Å². The molecular formula is C17H32N2O. The van der Waals surface area contributed by atoms with Gasteiger partial charge in [-0.15, -0.1) is 0 Å². The van der Waals surface area contributed by atoms with Gasteiger partial charge in [0.05, 0.1) is 12.2 Å². The van der Waals surface area contributed by atoms with Crippen molar-refractivity contribution in [1.82, 2.24) is 10.2 Å². The highest BCUT2D eigenvalue weighted by Gasteiger charge is 2.51. The Morgan fingerprint density at radius 3 is 2.55 bits per heavy atom. The maximum absolute atomic E-state index is 12.8. The molecule has 1 heterocycles. The lowest BCUT2D eigenvalue weighted by Crippen LogP contribution is -2.40. The molecule has 1 aliphatic heterocycles. The summed E-state index contributed by atoms with van der Waals surface area (Å²) in [5.74, 6) is 2.19. The van der Waals surface area contributed by atoms with Crippen LogP contribution in [0.15, 0.2) is 0 Å². The van der Waals surface area contributed by atoms with E-state index in [-0.39, 0.29) is 12.2 Å². The van der Waals surface area contributed by atoms with Crippen molar-refractivity contribution in [3.8, 4) is 0 Å². The average Bonchev–Trinajstić information content (AvgIpc) is 3.06. The van der Waals surface area contributed by atoms with Gasteiger partial charge in [-0.25, -0.2) is 0 Å². The van der Waals surface area contributed by atoms with E-state index in [9.17, 15) is 4.79 Å². The normalized spacial score (nSPS) is 34.9. The Balaban J connectivity index is 2.07. The quantitative estimate of drug-likeness (QED) is 0.775. The SMILES string of the molecule is CCCC1CC1N1C(=O)C(C(C)CC)NC1CC(C)C. The number of nitrogens with zero attached hydrogens (tertiary/aromatic N) is 1. The molecule has 2 fully saturated rings. The average molecular weight is 280 g/mol. The maximum atomic E-state index is 12.8. The molecule has 0 aromatic rings. The number of hydrogen-bond donors (Lipinski definition) is 1. The molecule has 1 saturated heterocycles. The van der Waals surface area contributed by atoms with E-state index in [1.54, 1.807) is 0 Å². The highest BCUT2D eigenvalue weighted by Crippen LogP contribution is 2.43. The molecule has 3 nitrogen and oxygen atoms in total. The van der Waals surface area contributed by atoms with Crippen molar-refractivity contribution in [2.24, 2.45) is 17.8 Å². The molecule has 0 aromatic heterocycles. The molecule has 20 heavy (non-hydrogen) atoms. The Bertz CT molecular complexity index is 342. The molecule has 0 aromatic carbocycles. The number of carbonyl (C=O) groups excluding carboxylic acids is 1. The summed E-state index contributed by atoms with van der Waals surface area (Å²) >= 11 is 0. The fourth-order valence-corrected chi connectivity index (χ4v) is 3.59. The van der Waals surface area contributed by atoms with Crippen molar-refractivity contribution in [2.75, 3.05) is 0 Å². The summed E-state index contributed by atoms with van der Waals surface area (Å²) in [6.07, 6.45) is 6.15. The van der Waals surface area contributed by atoms with Gasteiger partial charge in [-0.1, -0.05) is 47.5 Å². The Morgan fingerprint density at radius 2 is 2.00 bits per heavy atom. The van der Waals surface area contributed by atoms with Crippen molar-refractivity contribution in [3.05, 3.63) is 0 Å². The predicted molar refractivity (Wildman–Crippen MR) is 83.3 cm³/mol. The van der Waals surface area contributed by atoms with Crippen LogP contribution in [0.2, 0.25) is 0 Å². The standard InChI is InChI=1S/C17H32N2O/c1-6-8-13-10-14(13)19-15(9-11(3)4)18-16(17(19)20)12(5)7-2/h11-16,18H,6-10H2,1-5H3.